The number of esters is 1. The van der Waals surface area contributed by atoms with E-state index in [1.807, 2.05) is 6.08 Å². The summed E-state index contributed by atoms with van der Waals surface area (Å²) >= 11 is 0. The Hall–Kier alpha value is -2.64. The summed E-state index contributed by atoms with van der Waals surface area (Å²) in [5.41, 5.74) is 0. The summed E-state index contributed by atoms with van der Waals surface area (Å²) in [7, 11) is 0. The second-order valence-corrected chi connectivity index (χ2v) is 23.2. The molecule has 7 atom stereocenters. The van der Waals surface area contributed by atoms with Crippen LogP contribution in [0.1, 0.15) is 303 Å². The van der Waals surface area contributed by atoms with Gasteiger partial charge < -0.3 is 45.1 Å². The van der Waals surface area contributed by atoms with E-state index in [0.29, 0.717) is 19.4 Å². The Balaban J connectivity index is 1.97. The topological polar surface area (TPSA) is 175 Å². The molecule has 0 aromatic carbocycles. The van der Waals surface area contributed by atoms with Gasteiger partial charge in [0.05, 0.1) is 32.0 Å². The fourth-order valence-electron chi connectivity index (χ4n) is 10.3. The summed E-state index contributed by atoms with van der Waals surface area (Å²) in [5, 5.41) is 54.3. The van der Waals surface area contributed by atoms with Crippen molar-refractivity contribution in [3.63, 3.8) is 0 Å². The van der Waals surface area contributed by atoms with Crippen LogP contribution in [0.5, 0.6) is 0 Å². The van der Waals surface area contributed by atoms with E-state index in [1.165, 1.54) is 193 Å². The molecule has 0 aliphatic carbocycles. The summed E-state index contributed by atoms with van der Waals surface area (Å²) in [6, 6.07) is -0.811. The molecule has 0 aromatic heterocycles. The van der Waals surface area contributed by atoms with Crippen LogP contribution in [0.25, 0.3) is 0 Å². The van der Waals surface area contributed by atoms with Crippen LogP contribution in [-0.4, -0.2) is 100 Å². The zero-order valence-corrected chi connectivity index (χ0v) is 51.5. The van der Waals surface area contributed by atoms with Crippen molar-refractivity contribution in [2.75, 3.05) is 19.8 Å². The predicted molar refractivity (Wildman–Crippen MR) is 333 cm³/mol. The van der Waals surface area contributed by atoms with E-state index in [9.17, 15) is 35.1 Å². The van der Waals surface area contributed by atoms with Crippen LogP contribution in [0.2, 0.25) is 0 Å². The number of allylic oxidation sites excluding steroid dienone is 9. The maximum absolute atomic E-state index is 13.0. The monoisotopic (exact) mass is 1130 g/mol. The Kier molecular flexibility index (Phi) is 54.8. The lowest BCUT2D eigenvalue weighted by molar-refractivity contribution is -0.302. The Morgan fingerprint density at radius 1 is 0.463 bits per heavy atom. The molecule has 80 heavy (non-hydrogen) atoms. The van der Waals surface area contributed by atoms with E-state index >= 15 is 0 Å². The molecule has 1 amide bonds. The number of carbonyl (C=O) groups is 2. The van der Waals surface area contributed by atoms with Crippen molar-refractivity contribution in [2.24, 2.45) is 0 Å². The molecule has 1 heterocycles. The van der Waals surface area contributed by atoms with Crippen LogP contribution < -0.4 is 5.32 Å². The molecular formula is C69H125NO10. The van der Waals surface area contributed by atoms with Gasteiger partial charge in [0.25, 0.3) is 0 Å². The highest BCUT2D eigenvalue weighted by Gasteiger charge is 2.44. The van der Waals surface area contributed by atoms with Crippen molar-refractivity contribution in [1.82, 2.24) is 5.32 Å². The van der Waals surface area contributed by atoms with Gasteiger partial charge in [-0.1, -0.05) is 261 Å². The highest BCUT2D eigenvalue weighted by Crippen LogP contribution is 2.23. The van der Waals surface area contributed by atoms with Gasteiger partial charge in [0.2, 0.25) is 5.91 Å². The predicted octanol–water partition coefficient (Wildman–Crippen LogP) is 16.6. The van der Waals surface area contributed by atoms with Crippen LogP contribution in [0.15, 0.2) is 60.8 Å². The number of carbonyl (C=O) groups excluding carboxylic acids is 2. The number of amides is 1. The van der Waals surface area contributed by atoms with E-state index in [4.69, 9.17) is 14.2 Å². The minimum Gasteiger partial charge on any atom is -0.466 e. The van der Waals surface area contributed by atoms with E-state index in [2.05, 4.69) is 67.8 Å². The maximum Gasteiger partial charge on any atom is 0.305 e. The van der Waals surface area contributed by atoms with E-state index in [1.54, 1.807) is 6.08 Å². The fourth-order valence-corrected chi connectivity index (χ4v) is 10.3. The third-order valence-electron chi connectivity index (χ3n) is 15.6. The lowest BCUT2D eigenvalue weighted by Crippen LogP contribution is -2.60. The van der Waals surface area contributed by atoms with Crippen LogP contribution in [0.4, 0.5) is 0 Å². The molecule has 0 spiro atoms. The lowest BCUT2D eigenvalue weighted by atomic mass is 9.99. The van der Waals surface area contributed by atoms with Gasteiger partial charge in [-0.25, -0.2) is 0 Å². The van der Waals surface area contributed by atoms with Gasteiger partial charge >= 0.3 is 5.97 Å². The quantitative estimate of drug-likeness (QED) is 0.0195. The third kappa shape index (κ3) is 46.8. The second kappa shape index (κ2) is 58.1. The highest BCUT2D eigenvalue weighted by atomic mass is 16.7. The standard InChI is InChI=1S/C69H125NO10/c1-3-5-7-9-11-13-15-33-37-41-45-49-53-57-65(74)78-58-54-50-46-42-38-35-32-30-28-26-24-22-20-18-16-17-19-21-23-25-27-29-31-34-36-40-44-48-52-56-64(73)70-61(60-79-69-68(77)67(76)66(75)63(59-71)80-69)62(72)55-51-47-43-39-14-12-10-8-6-4-2/h7,9,13,15-16,18,22,24,51,55,61-63,66-69,71-72,75-77H,3-6,8,10-12,14,17,19-21,23,25-50,52-54,56-60H2,1-2H3,(H,70,73)/b9-7-,15-13-,18-16-,24-22-,55-51+. The summed E-state index contributed by atoms with van der Waals surface area (Å²) in [6.45, 7) is 4.26. The Morgan fingerprint density at radius 2 is 0.863 bits per heavy atom. The van der Waals surface area contributed by atoms with Crippen molar-refractivity contribution in [1.29, 1.82) is 0 Å². The van der Waals surface area contributed by atoms with Gasteiger partial charge in [-0.2, -0.15) is 0 Å². The number of hydrogen-bond acceptors (Lipinski definition) is 10. The maximum atomic E-state index is 13.0. The zero-order valence-electron chi connectivity index (χ0n) is 51.5. The third-order valence-corrected chi connectivity index (χ3v) is 15.6. The molecule has 1 saturated heterocycles. The summed E-state index contributed by atoms with van der Waals surface area (Å²) in [5.74, 6) is -0.197. The first-order chi connectivity index (χ1) is 39.2. The molecule has 466 valence electrons. The second-order valence-electron chi connectivity index (χ2n) is 23.2. The van der Waals surface area contributed by atoms with E-state index < -0.39 is 49.5 Å². The van der Waals surface area contributed by atoms with E-state index in [0.717, 1.165) is 83.5 Å². The lowest BCUT2D eigenvalue weighted by Gasteiger charge is -2.40. The van der Waals surface area contributed by atoms with Gasteiger partial charge in [-0.05, 0) is 89.9 Å². The van der Waals surface area contributed by atoms with Crippen molar-refractivity contribution < 1.29 is 49.3 Å². The molecule has 6 N–H and O–H groups in total. The smallest absolute Gasteiger partial charge is 0.305 e. The molecule has 0 saturated carbocycles. The molecule has 7 unspecified atom stereocenters. The molecule has 1 aliphatic heterocycles. The number of rotatable bonds is 58. The summed E-state index contributed by atoms with van der Waals surface area (Å²) < 4.78 is 16.7. The van der Waals surface area contributed by atoms with Crippen LogP contribution in [-0.2, 0) is 23.8 Å². The highest BCUT2D eigenvalue weighted by molar-refractivity contribution is 5.76. The first kappa shape index (κ1) is 75.4. The van der Waals surface area contributed by atoms with Gasteiger partial charge in [0, 0.05) is 12.8 Å². The van der Waals surface area contributed by atoms with Crippen molar-refractivity contribution >= 4 is 11.9 Å². The van der Waals surface area contributed by atoms with Crippen molar-refractivity contribution in [2.45, 2.75) is 346 Å². The van der Waals surface area contributed by atoms with Crippen LogP contribution >= 0.6 is 0 Å². The van der Waals surface area contributed by atoms with Gasteiger partial charge in [0.1, 0.15) is 24.4 Å². The number of aliphatic hydroxyl groups is 5. The van der Waals surface area contributed by atoms with Crippen molar-refractivity contribution in [3.05, 3.63) is 60.8 Å². The molecule has 0 aromatic rings. The summed E-state index contributed by atoms with van der Waals surface area (Å²) in [6.07, 6.45) is 66.3. The number of unbranched alkanes of at least 4 members (excludes halogenated alkanes) is 36. The number of nitrogens with one attached hydrogen (secondary N) is 1. The molecule has 1 rings (SSSR count). The van der Waals surface area contributed by atoms with Gasteiger partial charge in [-0.15, -0.1) is 0 Å². The van der Waals surface area contributed by atoms with Crippen LogP contribution in [0, 0.1) is 0 Å². The average Bonchev–Trinajstić information content (AvgIpc) is 3.46. The molecule has 1 aliphatic rings. The minimum absolute atomic E-state index is 0.0126. The molecule has 11 nitrogen and oxygen atoms in total. The zero-order chi connectivity index (χ0) is 58.0. The molecule has 1 fully saturated rings. The van der Waals surface area contributed by atoms with Gasteiger partial charge in [0.15, 0.2) is 6.29 Å². The Bertz CT molecular complexity index is 1510. The SMILES string of the molecule is CCC/C=C\C/C=C\CCCCCCCC(=O)OCCCCCCCCCCC/C=C\C/C=C\CCCCCCCCCCCCCCCC(=O)NC(COC1OC(CO)C(O)C(O)C1O)C(O)/C=C/CCCCCCCCCC. The molecular weight excluding hydrogens is 1000 g/mol. The molecule has 0 bridgehead atoms. The average molecular weight is 1130 g/mol. The largest absolute Gasteiger partial charge is 0.466 e. The Labute approximate surface area is 490 Å². The van der Waals surface area contributed by atoms with Crippen LogP contribution in [0.3, 0.4) is 0 Å². The fraction of sp³-hybridized carbons (Fsp3) is 0.826. The first-order valence-corrected chi connectivity index (χ1v) is 33.6. The van der Waals surface area contributed by atoms with E-state index in [-0.39, 0.29) is 18.5 Å². The minimum atomic E-state index is -1.57. The summed E-state index contributed by atoms with van der Waals surface area (Å²) in [4.78, 5) is 25.1. The number of aliphatic hydroxyl groups excluding tert-OH is 5. The first-order valence-electron chi connectivity index (χ1n) is 33.6. The Morgan fingerprint density at radius 3 is 1.31 bits per heavy atom. The number of ether oxygens (including phenoxy) is 3. The molecule has 11 heteroatoms. The van der Waals surface area contributed by atoms with Crippen molar-refractivity contribution in [3.8, 4) is 0 Å². The molecule has 0 radical (unpaired) electrons. The normalized spacial score (nSPS) is 18.7. The number of hydrogen-bond donors (Lipinski definition) is 6. The van der Waals surface area contributed by atoms with Gasteiger partial charge in [-0.3, -0.25) is 9.59 Å².